The van der Waals surface area contributed by atoms with Crippen LogP contribution < -0.4 is 5.32 Å². The van der Waals surface area contributed by atoms with Crippen LogP contribution in [-0.2, 0) is 0 Å². The number of nitrogens with one attached hydrogen (secondary N) is 2. The summed E-state index contributed by atoms with van der Waals surface area (Å²) in [6.07, 6.45) is 4.34. The van der Waals surface area contributed by atoms with Gasteiger partial charge in [-0.05, 0) is 25.5 Å². The van der Waals surface area contributed by atoms with E-state index in [-0.39, 0.29) is 0 Å². The number of H-pyrrole nitrogens is 1. The van der Waals surface area contributed by atoms with Crippen molar-refractivity contribution < 1.29 is 0 Å². The van der Waals surface area contributed by atoms with E-state index in [1.807, 2.05) is 26.0 Å². The third kappa shape index (κ3) is 2.50. The van der Waals surface area contributed by atoms with Gasteiger partial charge in [0.25, 0.3) is 0 Å². The summed E-state index contributed by atoms with van der Waals surface area (Å²) >= 11 is 5.15. The van der Waals surface area contributed by atoms with Crippen molar-refractivity contribution in [2.45, 2.75) is 20.3 Å². The molecule has 0 unspecified atom stereocenters. The number of aromatic nitrogens is 3. The van der Waals surface area contributed by atoms with Gasteiger partial charge in [-0.2, -0.15) is 5.10 Å². The van der Waals surface area contributed by atoms with Gasteiger partial charge in [-0.15, -0.1) is 0 Å². The van der Waals surface area contributed by atoms with Crippen molar-refractivity contribution in [3.8, 4) is 11.3 Å². The van der Waals surface area contributed by atoms with E-state index in [1.165, 1.54) is 0 Å². The SMILES string of the molecule is CCC(=S)Nc1n[nH]c(-c2ccncc2)c1C. The van der Waals surface area contributed by atoms with Crippen LogP contribution in [0.1, 0.15) is 18.9 Å². The summed E-state index contributed by atoms with van der Waals surface area (Å²) in [6, 6.07) is 3.89. The fourth-order valence-electron chi connectivity index (χ4n) is 1.54. The maximum absolute atomic E-state index is 5.15. The summed E-state index contributed by atoms with van der Waals surface area (Å²) in [5, 5.41) is 10.4. The average Bonchev–Trinajstić information content (AvgIpc) is 2.72. The van der Waals surface area contributed by atoms with Crippen LogP contribution in [0.2, 0.25) is 0 Å². The number of anilines is 1. The Morgan fingerprint density at radius 1 is 1.41 bits per heavy atom. The highest BCUT2D eigenvalue weighted by atomic mass is 32.1. The first-order chi connectivity index (χ1) is 8.22. The van der Waals surface area contributed by atoms with Crippen LogP contribution in [0, 0.1) is 6.92 Å². The van der Waals surface area contributed by atoms with Crippen molar-refractivity contribution in [2.24, 2.45) is 0 Å². The molecule has 0 bridgehead atoms. The Morgan fingerprint density at radius 2 is 2.12 bits per heavy atom. The van der Waals surface area contributed by atoms with Crippen molar-refractivity contribution >= 4 is 23.0 Å². The average molecular weight is 246 g/mol. The van der Waals surface area contributed by atoms with Crippen LogP contribution in [0.4, 0.5) is 5.82 Å². The molecule has 0 aliphatic rings. The third-order valence-corrected chi connectivity index (χ3v) is 2.95. The molecule has 17 heavy (non-hydrogen) atoms. The number of thiocarbonyl (C=S) groups is 1. The fourth-order valence-corrected chi connectivity index (χ4v) is 1.64. The van der Waals surface area contributed by atoms with Crippen molar-refractivity contribution in [3.63, 3.8) is 0 Å². The second kappa shape index (κ2) is 5.05. The maximum Gasteiger partial charge on any atom is 0.156 e. The number of hydrogen-bond acceptors (Lipinski definition) is 3. The van der Waals surface area contributed by atoms with Crippen LogP contribution in [-0.4, -0.2) is 20.2 Å². The predicted molar refractivity (Wildman–Crippen MR) is 73.1 cm³/mol. The highest BCUT2D eigenvalue weighted by molar-refractivity contribution is 7.80. The molecule has 5 heteroatoms. The van der Waals surface area contributed by atoms with Gasteiger partial charge in [0.05, 0.1) is 10.7 Å². The number of rotatable bonds is 3. The van der Waals surface area contributed by atoms with Crippen LogP contribution in [0.15, 0.2) is 24.5 Å². The van der Waals surface area contributed by atoms with E-state index >= 15 is 0 Å². The first-order valence-corrected chi connectivity index (χ1v) is 5.88. The van der Waals surface area contributed by atoms with Crippen molar-refractivity contribution in [1.29, 1.82) is 0 Å². The van der Waals surface area contributed by atoms with Gasteiger partial charge < -0.3 is 5.32 Å². The lowest BCUT2D eigenvalue weighted by Crippen LogP contribution is -2.08. The van der Waals surface area contributed by atoms with Gasteiger partial charge in [-0.3, -0.25) is 10.1 Å². The minimum Gasteiger partial charge on any atom is -0.333 e. The molecule has 4 nitrogen and oxygen atoms in total. The molecule has 0 amide bonds. The summed E-state index contributed by atoms with van der Waals surface area (Å²) in [6.45, 7) is 4.03. The zero-order valence-corrected chi connectivity index (χ0v) is 10.6. The summed E-state index contributed by atoms with van der Waals surface area (Å²) in [5.74, 6) is 0.795. The van der Waals surface area contributed by atoms with Gasteiger partial charge >= 0.3 is 0 Å². The van der Waals surface area contributed by atoms with Gasteiger partial charge in [-0.25, -0.2) is 0 Å². The first-order valence-electron chi connectivity index (χ1n) is 5.47. The summed E-state index contributed by atoms with van der Waals surface area (Å²) in [7, 11) is 0. The number of aromatic amines is 1. The molecule has 2 heterocycles. The van der Waals surface area contributed by atoms with Gasteiger partial charge in [0.15, 0.2) is 5.82 Å². The Morgan fingerprint density at radius 3 is 2.76 bits per heavy atom. The zero-order chi connectivity index (χ0) is 12.3. The molecular formula is C12H14N4S. The summed E-state index contributed by atoms with van der Waals surface area (Å²) < 4.78 is 0. The maximum atomic E-state index is 5.15. The van der Waals surface area contributed by atoms with E-state index in [0.717, 1.165) is 34.0 Å². The van der Waals surface area contributed by atoms with Gasteiger partial charge in [0, 0.05) is 23.5 Å². The van der Waals surface area contributed by atoms with Crippen molar-refractivity contribution in [1.82, 2.24) is 15.2 Å². The minimum absolute atomic E-state index is 0.792. The third-order valence-electron chi connectivity index (χ3n) is 2.56. The summed E-state index contributed by atoms with van der Waals surface area (Å²) in [4.78, 5) is 4.79. The Labute approximate surface area is 105 Å². The lowest BCUT2D eigenvalue weighted by Gasteiger charge is -2.03. The van der Waals surface area contributed by atoms with Crippen molar-refractivity contribution in [2.75, 3.05) is 5.32 Å². The standard InChI is InChI=1S/C12H14N4S/c1-3-10(17)14-12-8(2)11(15-16-12)9-4-6-13-7-5-9/h4-7H,3H2,1-2H3,(H2,14,15,16,17). The molecule has 0 aliphatic heterocycles. The van der Waals surface area contributed by atoms with Crippen LogP contribution in [0.5, 0.6) is 0 Å². The molecule has 0 saturated carbocycles. The Kier molecular flexibility index (Phi) is 3.49. The minimum atomic E-state index is 0.792. The van der Waals surface area contributed by atoms with E-state index < -0.39 is 0 Å². The normalized spacial score (nSPS) is 10.2. The van der Waals surface area contributed by atoms with E-state index in [9.17, 15) is 0 Å². The number of nitrogens with zero attached hydrogens (tertiary/aromatic N) is 2. The quantitative estimate of drug-likeness (QED) is 0.818. The topological polar surface area (TPSA) is 53.6 Å². The molecule has 0 atom stereocenters. The molecule has 2 aromatic heterocycles. The molecule has 88 valence electrons. The molecule has 2 aromatic rings. The van der Waals surface area contributed by atoms with Crippen LogP contribution >= 0.6 is 12.2 Å². The van der Waals surface area contributed by atoms with E-state index in [0.29, 0.717) is 0 Å². The number of hydrogen-bond donors (Lipinski definition) is 2. The van der Waals surface area contributed by atoms with Gasteiger partial charge in [0.2, 0.25) is 0 Å². The van der Waals surface area contributed by atoms with Crippen molar-refractivity contribution in [3.05, 3.63) is 30.1 Å². The highest BCUT2D eigenvalue weighted by Crippen LogP contribution is 2.25. The van der Waals surface area contributed by atoms with Gasteiger partial charge in [-0.1, -0.05) is 19.1 Å². The Balaban J connectivity index is 2.30. The molecule has 0 aromatic carbocycles. The zero-order valence-electron chi connectivity index (χ0n) is 9.82. The Hall–Kier alpha value is -1.75. The second-order valence-corrected chi connectivity index (χ2v) is 4.20. The van der Waals surface area contributed by atoms with E-state index in [4.69, 9.17) is 12.2 Å². The molecule has 0 spiro atoms. The molecule has 2 N–H and O–H groups in total. The number of pyridine rings is 1. The van der Waals surface area contributed by atoms with Crippen LogP contribution in [0.3, 0.4) is 0 Å². The molecule has 0 fully saturated rings. The van der Waals surface area contributed by atoms with E-state index in [1.54, 1.807) is 12.4 Å². The Bertz CT molecular complexity index is 519. The molecule has 0 radical (unpaired) electrons. The monoisotopic (exact) mass is 246 g/mol. The van der Waals surface area contributed by atoms with Gasteiger partial charge in [0.1, 0.15) is 0 Å². The van der Waals surface area contributed by atoms with E-state index in [2.05, 4.69) is 20.5 Å². The lowest BCUT2D eigenvalue weighted by atomic mass is 10.1. The molecule has 0 aliphatic carbocycles. The molecule has 0 saturated heterocycles. The highest BCUT2D eigenvalue weighted by Gasteiger charge is 2.10. The summed E-state index contributed by atoms with van der Waals surface area (Å²) in [5.41, 5.74) is 3.13. The smallest absolute Gasteiger partial charge is 0.156 e. The largest absolute Gasteiger partial charge is 0.333 e. The second-order valence-electron chi connectivity index (χ2n) is 3.71. The lowest BCUT2D eigenvalue weighted by molar-refractivity contribution is 1.10. The predicted octanol–water partition coefficient (Wildman–Crippen LogP) is 2.93. The fraction of sp³-hybridized carbons (Fsp3) is 0.250. The molecule has 2 rings (SSSR count). The molecular weight excluding hydrogens is 232 g/mol. The van der Waals surface area contributed by atoms with Crippen LogP contribution in [0.25, 0.3) is 11.3 Å². The first kappa shape index (κ1) is 11.7.